The third-order valence-corrected chi connectivity index (χ3v) is 2.89. The molecule has 0 fully saturated rings. The van der Waals surface area contributed by atoms with E-state index >= 15 is 0 Å². The fourth-order valence-electron chi connectivity index (χ4n) is 1.91. The monoisotopic (exact) mass is 295 g/mol. The minimum Gasteiger partial charge on any atom is -0.493 e. The van der Waals surface area contributed by atoms with Gasteiger partial charge in [-0.15, -0.1) is 0 Å². The highest BCUT2D eigenvalue weighted by Gasteiger charge is 2.13. The summed E-state index contributed by atoms with van der Waals surface area (Å²) in [5.74, 6) is 2.70. The Balaban J connectivity index is 3.05. The Morgan fingerprint density at radius 2 is 1.67 bits per heavy atom. The molecule has 1 aromatic carbocycles. The molecule has 1 rings (SSSR count). The molecule has 0 spiro atoms. The van der Waals surface area contributed by atoms with Crippen molar-refractivity contribution < 1.29 is 14.2 Å². The zero-order chi connectivity index (χ0) is 15.8. The lowest BCUT2D eigenvalue weighted by molar-refractivity contribution is 0.324. The zero-order valence-electron chi connectivity index (χ0n) is 13.7. The van der Waals surface area contributed by atoms with Crippen LogP contribution in [0.3, 0.4) is 0 Å². The van der Waals surface area contributed by atoms with Gasteiger partial charge in [-0.25, -0.2) is 4.99 Å². The average molecular weight is 295 g/mol. The van der Waals surface area contributed by atoms with Gasteiger partial charge < -0.3 is 24.4 Å². The lowest BCUT2D eigenvalue weighted by Crippen LogP contribution is -2.36. The number of aliphatic imine (C=N–C) groups is 1. The van der Waals surface area contributed by atoms with E-state index in [1.165, 1.54) is 0 Å². The molecule has 1 aromatic rings. The van der Waals surface area contributed by atoms with Crippen LogP contribution >= 0.6 is 0 Å². The molecule has 0 bridgehead atoms. The van der Waals surface area contributed by atoms with Crippen LogP contribution in [0.15, 0.2) is 17.1 Å². The first-order chi connectivity index (χ1) is 10.1. The normalized spacial score (nSPS) is 11.0. The van der Waals surface area contributed by atoms with Gasteiger partial charge in [0.25, 0.3) is 0 Å². The van der Waals surface area contributed by atoms with E-state index in [9.17, 15) is 0 Å². The minimum absolute atomic E-state index is 0.525. The fraction of sp³-hybridized carbons (Fsp3) is 0.533. The van der Waals surface area contributed by atoms with Crippen molar-refractivity contribution in [1.29, 1.82) is 0 Å². The maximum absolute atomic E-state index is 5.34. The predicted octanol–water partition coefficient (Wildman–Crippen LogP) is 1.74. The van der Waals surface area contributed by atoms with Gasteiger partial charge in [-0.1, -0.05) is 0 Å². The largest absolute Gasteiger partial charge is 0.493 e. The van der Waals surface area contributed by atoms with E-state index in [1.807, 2.05) is 38.1 Å². The molecule has 0 aliphatic carbocycles. The number of benzene rings is 1. The molecule has 0 atom stereocenters. The van der Waals surface area contributed by atoms with Gasteiger partial charge in [-0.05, 0) is 24.6 Å². The molecular formula is C15H25N3O3. The smallest absolute Gasteiger partial charge is 0.203 e. The van der Waals surface area contributed by atoms with Crippen LogP contribution in [0, 0.1) is 0 Å². The Morgan fingerprint density at radius 1 is 1.10 bits per heavy atom. The second-order valence-electron chi connectivity index (χ2n) is 4.60. The molecule has 6 nitrogen and oxygen atoms in total. The van der Waals surface area contributed by atoms with Crippen molar-refractivity contribution >= 4 is 5.96 Å². The van der Waals surface area contributed by atoms with E-state index in [4.69, 9.17) is 14.2 Å². The molecule has 0 radical (unpaired) electrons. The molecule has 6 heteroatoms. The van der Waals surface area contributed by atoms with Gasteiger partial charge in [-0.3, -0.25) is 0 Å². The van der Waals surface area contributed by atoms with E-state index in [2.05, 4.69) is 10.3 Å². The summed E-state index contributed by atoms with van der Waals surface area (Å²) in [5, 5.41) is 3.22. The predicted molar refractivity (Wildman–Crippen MR) is 84.6 cm³/mol. The molecule has 0 amide bonds. The number of guanidine groups is 1. The molecule has 118 valence electrons. The fourth-order valence-corrected chi connectivity index (χ4v) is 1.91. The van der Waals surface area contributed by atoms with E-state index < -0.39 is 0 Å². The first kappa shape index (κ1) is 16.9. The van der Waals surface area contributed by atoms with Gasteiger partial charge in [-0.2, -0.15) is 0 Å². The SMILES string of the molecule is CCNC(=NCc1cc(OC)c(OC)c(OC)c1)N(C)C. The summed E-state index contributed by atoms with van der Waals surface area (Å²) in [4.78, 5) is 6.51. The second kappa shape index (κ2) is 8.24. The van der Waals surface area contributed by atoms with Crippen molar-refractivity contribution in [2.24, 2.45) is 4.99 Å². The van der Waals surface area contributed by atoms with Crippen molar-refractivity contribution in [2.75, 3.05) is 42.0 Å². The molecule has 0 aliphatic heterocycles. The molecule has 0 unspecified atom stereocenters. The Hall–Kier alpha value is -2.11. The molecule has 0 saturated heterocycles. The van der Waals surface area contributed by atoms with Crippen LogP contribution in [-0.2, 0) is 6.54 Å². The van der Waals surface area contributed by atoms with E-state index in [1.54, 1.807) is 21.3 Å². The number of nitrogens with one attached hydrogen (secondary N) is 1. The molecule has 0 aliphatic rings. The maximum atomic E-state index is 5.34. The van der Waals surface area contributed by atoms with E-state index in [0.29, 0.717) is 23.8 Å². The van der Waals surface area contributed by atoms with Crippen LogP contribution in [0.2, 0.25) is 0 Å². The van der Waals surface area contributed by atoms with Crippen LogP contribution < -0.4 is 19.5 Å². The number of hydrogen-bond acceptors (Lipinski definition) is 4. The lowest BCUT2D eigenvalue weighted by Gasteiger charge is -2.17. The highest BCUT2D eigenvalue weighted by Crippen LogP contribution is 2.38. The topological polar surface area (TPSA) is 55.3 Å². The summed E-state index contributed by atoms with van der Waals surface area (Å²) < 4.78 is 16.0. The zero-order valence-corrected chi connectivity index (χ0v) is 13.7. The van der Waals surface area contributed by atoms with Gasteiger partial charge in [0, 0.05) is 20.6 Å². The Kier molecular flexibility index (Phi) is 6.65. The van der Waals surface area contributed by atoms with Crippen molar-refractivity contribution in [3.8, 4) is 17.2 Å². The van der Waals surface area contributed by atoms with Gasteiger partial charge in [0.2, 0.25) is 5.75 Å². The van der Waals surface area contributed by atoms with Gasteiger partial charge in [0.15, 0.2) is 17.5 Å². The van der Waals surface area contributed by atoms with Crippen molar-refractivity contribution in [2.45, 2.75) is 13.5 Å². The summed E-state index contributed by atoms with van der Waals surface area (Å²) >= 11 is 0. The quantitative estimate of drug-likeness (QED) is 0.640. The van der Waals surface area contributed by atoms with Gasteiger partial charge >= 0.3 is 0 Å². The molecule has 0 aromatic heterocycles. The number of hydrogen-bond donors (Lipinski definition) is 1. The molecule has 0 heterocycles. The summed E-state index contributed by atoms with van der Waals surface area (Å²) in [5.41, 5.74) is 0.988. The summed E-state index contributed by atoms with van der Waals surface area (Å²) in [7, 11) is 8.71. The molecule has 0 saturated carbocycles. The van der Waals surface area contributed by atoms with Crippen LogP contribution in [0.5, 0.6) is 17.2 Å². The first-order valence-corrected chi connectivity index (χ1v) is 6.81. The summed E-state index contributed by atoms with van der Waals surface area (Å²) in [6.07, 6.45) is 0. The summed E-state index contributed by atoms with van der Waals surface area (Å²) in [6.45, 7) is 3.39. The van der Waals surface area contributed by atoms with Crippen LogP contribution in [0.25, 0.3) is 0 Å². The number of methoxy groups -OCH3 is 3. The highest BCUT2D eigenvalue weighted by molar-refractivity contribution is 5.79. The van der Waals surface area contributed by atoms with Crippen molar-refractivity contribution in [3.05, 3.63) is 17.7 Å². The summed E-state index contributed by atoms with van der Waals surface area (Å²) in [6, 6.07) is 3.81. The van der Waals surface area contributed by atoms with E-state index in [-0.39, 0.29) is 0 Å². The maximum Gasteiger partial charge on any atom is 0.203 e. The number of ether oxygens (including phenoxy) is 3. The number of nitrogens with zero attached hydrogens (tertiary/aromatic N) is 2. The average Bonchev–Trinajstić information content (AvgIpc) is 2.49. The van der Waals surface area contributed by atoms with Crippen LogP contribution in [0.1, 0.15) is 12.5 Å². The van der Waals surface area contributed by atoms with Crippen molar-refractivity contribution in [3.63, 3.8) is 0 Å². The first-order valence-electron chi connectivity index (χ1n) is 6.81. The third kappa shape index (κ3) is 4.44. The van der Waals surface area contributed by atoms with Crippen molar-refractivity contribution in [1.82, 2.24) is 10.2 Å². The second-order valence-corrected chi connectivity index (χ2v) is 4.60. The Morgan fingerprint density at radius 3 is 2.05 bits per heavy atom. The Labute approximate surface area is 126 Å². The lowest BCUT2D eigenvalue weighted by atomic mass is 10.2. The van der Waals surface area contributed by atoms with Crippen LogP contribution in [0.4, 0.5) is 0 Å². The standard InChI is InChI=1S/C15H25N3O3/c1-7-16-15(18(2)3)17-10-11-8-12(19-4)14(21-6)13(9-11)20-5/h8-9H,7,10H2,1-6H3,(H,16,17). The highest BCUT2D eigenvalue weighted by atomic mass is 16.5. The Bertz CT molecular complexity index is 462. The van der Waals surface area contributed by atoms with Gasteiger partial charge in [0.05, 0.1) is 27.9 Å². The minimum atomic E-state index is 0.525. The third-order valence-electron chi connectivity index (χ3n) is 2.89. The molecule has 1 N–H and O–H groups in total. The number of rotatable bonds is 6. The van der Waals surface area contributed by atoms with Gasteiger partial charge in [0.1, 0.15) is 0 Å². The molecular weight excluding hydrogens is 270 g/mol. The van der Waals surface area contributed by atoms with E-state index in [0.717, 1.165) is 18.1 Å². The van der Waals surface area contributed by atoms with Crippen LogP contribution in [-0.4, -0.2) is 52.8 Å². The molecule has 21 heavy (non-hydrogen) atoms.